The van der Waals surface area contributed by atoms with Crippen molar-refractivity contribution in [3.8, 4) is 5.88 Å². The van der Waals surface area contributed by atoms with Gasteiger partial charge in [-0.15, -0.1) is 11.7 Å². The summed E-state index contributed by atoms with van der Waals surface area (Å²) in [5.74, 6) is 1.34. The zero-order valence-corrected chi connectivity index (χ0v) is 24.5. The van der Waals surface area contributed by atoms with E-state index < -0.39 is 12.4 Å². The van der Waals surface area contributed by atoms with E-state index in [1.165, 1.54) is 6.92 Å². The third-order valence-electron chi connectivity index (χ3n) is 5.27. The predicted octanol–water partition coefficient (Wildman–Crippen LogP) is 5.70. The molecule has 9 heteroatoms. The molecule has 0 saturated carbocycles. The van der Waals surface area contributed by atoms with Gasteiger partial charge in [-0.25, -0.2) is 0 Å². The summed E-state index contributed by atoms with van der Waals surface area (Å²) in [6.07, 6.45) is 3.83. The highest BCUT2D eigenvalue weighted by atomic mass is 19.1. The highest BCUT2D eigenvalue weighted by molar-refractivity contribution is 5.31. The lowest BCUT2D eigenvalue weighted by Crippen LogP contribution is -2.40. The second-order valence-electron chi connectivity index (χ2n) is 8.21. The van der Waals surface area contributed by atoms with E-state index in [1.807, 2.05) is 20.8 Å². The lowest BCUT2D eigenvalue weighted by Gasteiger charge is -2.31. The second kappa shape index (κ2) is 23.2. The molecule has 1 aromatic heterocycles. The van der Waals surface area contributed by atoms with Crippen molar-refractivity contribution in [3.05, 3.63) is 36.3 Å². The van der Waals surface area contributed by atoms with Gasteiger partial charge in [0.2, 0.25) is 12.2 Å². The van der Waals surface area contributed by atoms with Crippen LogP contribution in [0.1, 0.15) is 84.5 Å². The van der Waals surface area contributed by atoms with Crippen molar-refractivity contribution in [2.45, 2.75) is 105 Å². The van der Waals surface area contributed by atoms with Crippen molar-refractivity contribution in [1.29, 1.82) is 0 Å². The van der Waals surface area contributed by atoms with Gasteiger partial charge in [-0.1, -0.05) is 33.4 Å². The van der Waals surface area contributed by atoms with E-state index >= 15 is 0 Å². The second-order valence-corrected chi connectivity index (χ2v) is 8.21. The summed E-state index contributed by atoms with van der Waals surface area (Å²) in [7, 11) is 1.60. The number of nitrogens with zero attached hydrogens (tertiary/aromatic N) is 2. The fraction of sp³-hybridized carbons (Fsp3) is 0.750. The van der Waals surface area contributed by atoms with Crippen LogP contribution in [0.5, 0.6) is 5.88 Å². The molecule has 2 aliphatic rings. The third-order valence-corrected chi connectivity index (χ3v) is 5.27. The van der Waals surface area contributed by atoms with Gasteiger partial charge in [0, 0.05) is 37.3 Å². The van der Waals surface area contributed by atoms with Crippen LogP contribution in [0.3, 0.4) is 0 Å². The van der Waals surface area contributed by atoms with Crippen LogP contribution in [0, 0.1) is 6.92 Å². The summed E-state index contributed by atoms with van der Waals surface area (Å²) in [5.41, 5.74) is 2.19. The largest absolute Gasteiger partial charge is 0.502 e. The zero-order chi connectivity index (χ0) is 28.8. The predicted molar refractivity (Wildman–Crippen MR) is 148 cm³/mol. The molecule has 0 bridgehead atoms. The van der Waals surface area contributed by atoms with Gasteiger partial charge in [-0.3, -0.25) is 9.07 Å². The van der Waals surface area contributed by atoms with Crippen LogP contribution in [0.2, 0.25) is 0 Å². The first-order chi connectivity index (χ1) is 17.7. The van der Waals surface area contributed by atoms with Crippen molar-refractivity contribution >= 4 is 0 Å². The monoisotopic (exact) mass is 532 g/mol. The van der Waals surface area contributed by atoms with E-state index in [0.29, 0.717) is 24.8 Å². The number of allylic oxidation sites excluding steroid dienone is 2. The first-order valence-corrected chi connectivity index (χ1v) is 13.3. The number of rotatable bonds is 6. The van der Waals surface area contributed by atoms with Gasteiger partial charge >= 0.3 is 0 Å². The number of alkyl halides is 1. The SMILES string of the molecule is C=C(C)OC.C=CC.CC.CCF.CCc1c(OC2CC(O)CC(CO)O2)nn(C2CCOCC2)c1C. The Morgan fingerprint density at radius 2 is 1.76 bits per heavy atom. The van der Waals surface area contributed by atoms with E-state index in [4.69, 9.17) is 14.2 Å². The Kier molecular flexibility index (Phi) is 23.3. The quantitative estimate of drug-likeness (QED) is 0.358. The highest BCUT2D eigenvalue weighted by Gasteiger charge is 2.31. The molecule has 0 aromatic carbocycles. The van der Waals surface area contributed by atoms with E-state index in [9.17, 15) is 14.6 Å². The van der Waals surface area contributed by atoms with Crippen molar-refractivity contribution in [2.75, 3.05) is 33.6 Å². The summed E-state index contributed by atoms with van der Waals surface area (Å²) in [5, 5.41) is 23.9. The Labute approximate surface area is 224 Å². The fourth-order valence-electron chi connectivity index (χ4n) is 3.58. The molecule has 0 aliphatic carbocycles. The van der Waals surface area contributed by atoms with E-state index in [2.05, 4.69) is 41.5 Å². The Hall–Kier alpha value is -1.94. The molecule has 0 radical (unpaired) electrons. The summed E-state index contributed by atoms with van der Waals surface area (Å²) in [4.78, 5) is 0. The summed E-state index contributed by atoms with van der Waals surface area (Å²) < 4.78 is 34.0. The van der Waals surface area contributed by atoms with Gasteiger partial charge < -0.3 is 29.2 Å². The van der Waals surface area contributed by atoms with Gasteiger partial charge in [0.25, 0.3) is 0 Å². The third kappa shape index (κ3) is 15.2. The average molecular weight is 533 g/mol. The van der Waals surface area contributed by atoms with Crippen LogP contribution in [0.25, 0.3) is 0 Å². The Bertz CT molecular complexity index is 707. The molecule has 37 heavy (non-hydrogen) atoms. The molecule has 1 aromatic rings. The maximum absolute atomic E-state index is 10.3. The van der Waals surface area contributed by atoms with Crippen LogP contribution in [-0.4, -0.2) is 72.1 Å². The number of aliphatic hydroxyl groups excluding tert-OH is 2. The standard InChI is InChI=1S/C17H28N2O5.C4H8O.C3H6.C2H5F.C2H6/c1-3-15-11(2)19(12-4-6-22-7-5-12)18-17(15)24-16-9-13(21)8-14(10-20)23-16;1-4(2)5-3;1-3-2;1-2-3;1-2/h12-14,16,20-21H,3-10H2,1-2H3;1H2,2-3H3;3H,1H2,2H3;2H2,1H3;1-2H3. The number of halogens is 1. The van der Waals surface area contributed by atoms with Gasteiger partial charge in [0.15, 0.2) is 0 Å². The normalized spacial score (nSPS) is 20.7. The molecule has 2 aliphatic heterocycles. The molecule has 0 amide bonds. The molecule has 3 heterocycles. The fourth-order valence-corrected chi connectivity index (χ4v) is 3.58. The van der Waals surface area contributed by atoms with E-state index in [-0.39, 0.29) is 19.4 Å². The highest BCUT2D eigenvalue weighted by Crippen LogP contribution is 2.31. The number of ether oxygens (including phenoxy) is 4. The molecule has 2 fully saturated rings. The molecule has 2 saturated heterocycles. The minimum Gasteiger partial charge on any atom is -0.502 e. The number of hydrogen-bond acceptors (Lipinski definition) is 7. The molecule has 3 rings (SSSR count). The van der Waals surface area contributed by atoms with Crippen LogP contribution >= 0.6 is 0 Å². The lowest BCUT2D eigenvalue weighted by molar-refractivity contribution is -0.186. The van der Waals surface area contributed by atoms with Crippen molar-refractivity contribution < 1.29 is 33.6 Å². The maximum Gasteiger partial charge on any atom is 0.238 e. The Morgan fingerprint density at radius 3 is 2.19 bits per heavy atom. The van der Waals surface area contributed by atoms with Crippen LogP contribution in [-0.2, 0) is 20.6 Å². The minimum absolute atomic E-state index is 0.118. The molecule has 3 unspecified atom stereocenters. The Balaban J connectivity index is 0. The number of methoxy groups -OCH3 is 1. The number of aromatic nitrogens is 2. The molecular weight excluding hydrogens is 479 g/mol. The van der Waals surface area contributed by atoms with Gasteiger partial charge in [-0.05, 0) is 47.0 Å². The van der Waals surface area contributed by atoms with Gasteiger partial charge in [-0.2, -0.15) is 0 Å². The topological polar surface area (TPSA) is 95.2 Å². The molecule has 2 N–H and O–H groups in total. The number of hydrogen-bond donors (Lipinski definition) is 2. The molecule has 0 spiro atoms. The Morgan fingerprint density at radius 1 is 1.24 bits per heavy atom. The molecule has 3 atom stereocenters. The minimum atomic E-state index is -0.575. The van der Waals surface area contributed by atoms with Crippen molar-refractivity contribution in [1.82, 2.24) is 9.78 Å². The number of aliphatic hydroxyl groups is 2. The van der Waals surface area contributed by atoms with Crippen LogP contribution < -0.4 is 4.74 Å². The average Bonchev–Trinajstić information content (AvgIpc) is 3.21. The van der Waals surface area contributed by atoms with E-state index in [1.54, 1.807) is 20.1 Å². The summed E-state index contributed by atoms with van der Waals surface area (Å²) >= 11 is 0. The summed E-state index contributed by atoms with van der Waals surface area (Å²) in [6.45, 7) is 21.3. The lowest BCUT2D eigenvalue weighted by atomic mass is 10.1. The zero-order valence-electron chi connectivity index (χ0n) is 24.5. The smallest absolute Gasteiger partial charge is 0.238 e. The van der Waals surface area contributed by atoms with Crippen LogP contribution in [0.15, 0.2) is 25.0 Å². The first kappa shape index (κ1) is 37.2. The van der Waals surface area contributed by atoms with Crippen molar-refractivity contribution in [3.63, 3.8) is 0 Å². The van der Waals surface area contributed by atoms with Crippen molar-refractivity contribution in [2.24, 2.45) is 0 Å². The van der Waals surface area contributed by atoms with E-state index in [0.717, 1.165) is 49.5 Å². The summed E-state index contributed by atoms with van der Waals surface area (Å²) in [6, 6.07) is 0.337. The van der Waals surface area contributed by atoms with Gasteiger partial charge in [0.1, 0.15) is 0 Å². The molecular formula is C28H53FN2O6. The van der Waals surface area contributed by atoms with Gasteiger partial charge in [0.05, 0.1) is 44.4 Å². The molecule has 218 valence electrons. The molecule has 8 nitrogen and oxygen atoms in total. The van der Waals surface area contributed by atoms with Crippen LogP contribution in [0.4, 0.5) is 4.39 Å². The maximum atomic E-state index is 10.3. The first-order valence-electron chi connectivity index (χ1n) is 13.3.